The molecule has 0 radical (unpaired) electrons. The highest BCUT2D eigenvalue weighted by Gasteiger charge is 1.98. The number of phenols is 1. The van der Waals surface area contributed by atoms with Gasteiger partial charge in [-0.15, -0.1) is 0 Å². The van der Waals surface area contributed by atoms with Crippen LogP contribution in [0.2, 0.25) is 0 Å². The Labute approximate surface area is 73.4 Å². The quantitative estimate of drug-likeness (QED) is 0.733. The number of likely N-dealkylation sites (N-methyl/N-ethyl adjacent to an activating group) is 1. The van der Waals surface area contributed by atoms with Crippen LogP contribution in [0.4, 0.5) is 0 Å². The van der Waals surface area contributed by atoms with Gasteiger partial charge >= 0.3 is 0 Å². The molecule has 12 heavy (non-hydrogen) atoms. The summed E-state index contributed by atoms with van der Waals surface area (Å²) in [5.74, 6) is 0.402. The average molecular weight is 165 g/mol. The molecule has 1 rings (SSSR count). The summed E-state index contributed by atoms with van der Waals surface area (Å²) in [6.07, 6.45) is 0.902. The molecule has 0 heterocycles. The Balaban J connectivity index is 2.57. The summed E-state index contributed by atoms with van der Waals surface area (Å²) in [4.78, 5) is 2.10. The lowest BCUT2D eigenvalue weighted by Gasteiger charge is -2.09. The lowest BCUT2D eigenvalue weighted by Crippen LogP contribution is -2.14. The van der Waals surface area contributed by atoms with Gasteiger partial charge in [0.2, 0.25) is 0 Å². The van der Waals surface area contributed by atoms with E-state index < -0.39 is 0 Å². The van der Waals surface area contributed by atoms with Crippen molar-refractivity contribution >= 4 is 0 Å². The van der Waals surface area contributed by atoms with Crippen LogP contribution in [0.3, 0.4) is 0 Å². The number of para-hydroxylation sites is 1. The van der Waals surface area contributed by atoms with Crippen molar-refractivity contribution in [1.29, 1.82) is 0 Å². The first-order chi connectivity index (χ1) is 5.70. The molecule has 0 fully saturated rings. The third-order valence-electron chi connectivity index (χ3n) is 1.82. The summed E-state index contributed by atoms with van der Waals surface area (Å²) in [7, 11) is 4.06. The normalized spacial score (nSPS) is 10.6. The minimum absolute atomic E-state index is 0.402. The van der Waals surface area contributed by atoms with Crippen molar-refractivity contribution in [2.75, 3.05) is 20.6 Å². The molecular formula is C10H15NO. The topological polar surface area (TPSA) is 23.5 Å². The molecular weight excluding hydrogens is 150 g/mol. The molecule has 0 atom stereocenters. The number of phenolic OH excluding ortho intramolecular Hbond substituents is 1. The first-order valence-electron chi connectivity index (χ1n) is 4.12. The van der Waals surface area contributed by atoms with Crippen LogP contribution in [0, 0.1) is 0 Å². The van der Waals surface area contributed by atoms with Gasteiger partial charge in [-0.2, -0.15) is 0 Å². The van der Waals surface area contributed by atoms with Gasteiger partial charge in [0.15, 0.2) is 0 Å². The van der Waals surface area contributed by atoms with Crippen molar-refractivity contribution in [3.8, 4) is 5.75 Å². The van der Waals surface area contributed by atoms with Crippen LogP contribution in [-0.2, 0) is 6.42 Å². The molecule has 0 saturated heterocycles. The molecule has 0 aliphatic heterocycles. The minimum atomic E-state index is 0.402. The van der Waals surface area contributed by atoms with Crippen molar-refractivity contribution < 1.29 is 5.11 Å². The second-order valence-corrected chi connectivity index (χ2v) is 3.18. The Kier molecular flexibility index (Phi) is 3.11. The molecule has 0 saturated carbocycles. The van der Waals surface area contributed by atoms with Crippen LogP contribution < -0.4 is 0 Å². The van der Waals surface area contributed by atoms with Gasteiger partial charge in [-0.1, -0.05) is 18.2 Å². The SMILES string of the molecule is CN(C)CCc1ccccc1O. The number of rotatable bonds is 3. The maximum absolute atomic E-state index is 9.40. The standard InChI is InChI=1S/C10H15NO/c1-11(2)8-7-9-5-3-4-6-10(9)12/h3-6,12H,7-8H2,1-2H3. The fourth-order valence-electron chi connectivity index (χ4n) is 1.07. The molecule has 1 N–H and O–H groups in total. The van der Waals surface area contributed by atoms with E-state index in [-0.39, 0.29) is 0 Å². The van der Waals surface area contributed by atoms with Gasteiger partial charge < -0.3 is 10.0 Å². The summed E-state index contributed by atoms with van der Waals surface area (Å²) in [6.45, 7) is 0.970. The smallest absolute Gasteiger partial charge is 0.118 e. The Bertz CT molecular complexity index is 245. The van der Waals surface area contributed by atoms with E-state index in [1.165, 1.54) is 0 Å². The van der Waals surface area contributed by atoms with E-state index in [4.69, 9.17) is 0 Å². The van der Waals surface area contributed by atoms with Crippen LogP contribution in [0.5, 0.6) is 5.75 Å². The molecule has 0 aromatic heterocycles. The zero-order chi connectivity index (χ0) is 8.97. The van der Waals surface area contributed by atoms with Gasteiger partial charge in [0.25, 0.3) is 0 Å². The van der Waals surface area contributed by atoms with Gasteiger partial charge in [-0.3, -0.25) is 0 Å². The number of hydrogen-bond donors (Lipinski definition) is 1. The van der Waals surface area contributed by atoms with E-state index in [0.29, 0.717) is 5.75 Å². The summed E-state index contributed by atoms with van der Waals surface area (Å²) in [5, 5.41) is 9.40. The van der Waals surface area contributed by atoms with Gasteiger partial charge in [0.1, 0.15) is 5.75 Å². The lowest BCUT2D eigenvalue weighted by molar-refractivity contribution is 0.406. The zero-order valence-electron chi connectivity index (χ0n) is 7.62. The maximum atomic E-state index is 9.40. The van der Waals surface area contributed by atoms with E-state index in [0.717, 1.165) is 18.5 Å². The van der Waals surface area contributed by atoms with Crippen LogP contribution in [0.25, 0.3) is 0 Å². The van der Waals surface area contributed by atoms with Crippen LogP contribution in [0.1, 0.15) is 5.56 Å². The molecule has 0 spiro atoms. The molecule has 0 aliphatic carbocycles. The Morgan fingerprint density at radius 1 is 1.25 bits per heavy atom. The molecule has 66 valence electrons. The maximum Gasteiger partial charge on any atom is 0.118 e. The molecule has 0 aliphatic rings. The van der Waals surface area contributed by atoms with Crippen molar-refractivity contribution in [2.45, 2.75) is 6.42 Å². The predicted molar refractivity (Wildman–Crippen MR) is 50.4 cm³/mol. The summed E-state index contributed by atoms with van der Waals surface area (Å²) in [6, 6.07) is 7.48. The number of hydrogen-bond acceptors (Lipinski definition) is 2. The van der Waals surface area contributed by atoms with E-state index in [9.17, 15) is 5.11 Å². The highest BCUT2D eigenvalue weighted by atomic mass is 16.3. The van der Waals surface area contributed by atoms with Gasteiger partial charge in [-0.25, -0.2) is 0 Å². The van der Waals surface area contributed by atoms with Crippen LogP contribution in [0.15, 0.2) is 24.3 Å². The lowest BCUT2D eigenvalue weighted by atomic mass is 10.1. The van der Waals surface area contributed by atoms with Crippen LogP contribution >= 0.6 is 0 Å². The van der Waals surface area contributed by atoms with Crippen molar-refractivity contribution in [1.82, 2.24) is 4.90 Å². The zero-order valence-corrected chi connectivity index (χ0v) is 7.62. The third kappa shape index (κ3) is 2.55. The summed E-state index contributed by atoms with van der Waals surface area (Å²) < 4.78 is 0. The van der Waals surface area contributed by atoms with Gasteiger partial charge in [0, 0.05) is 6.54 Å². The summed E-state index contributed by atoms with van der Waals surface area (Å²) in [5.41, 5.74) is 1.02. The highest BCUT2D eigenvalue weighted by Crippen LogP contribution is 2.15. The molecule has 0 bridgehead atoms. The second-order valence-electron chi connectivity index (χ2n) is 3.18. The molecule has 0 unspecified atom stereocenters. The van der Waals surface area contributed by atoms with Crippen LogP contribution in [-0.4, -0.2) is 30.6 Å². The predicted octanol–water partition coefficient (Wildman–Crippen LogP) is 1.50. The molecule has 1 aromatic carbocycles. The number of aromatic hydroxyl groups is 1. The highest BCUT2D eigenvalue weighted by molar-refractivity contribution is 5.31. The average Bonchev–Trinajstić information content (AvgIpc) is 2.03. The number of nitrogens with zero attached hydrogens (tertiary/aromatic N) is 1. The molecule has 2 nitrogen and oxygen atoms in total. The van der Waals surface area contributed by atoms with E-state index in [1.807, 2.05) is 32.3 Å². The van der Waals surface area contributed by atoms with E-state index in [2.05, 4.69) is 4.90 Å². The first-order valence-corrected chi connectivity index (χ1v) is 4.12. The van der Waals surface area contributed by atoms with Gasteiger partial charge in [-0.05, 0) is 32.1 Å². The van der Waals surface area contributed by atoms with Crippen molar-refractivity contribution in [2.24, 2.45) is 0 Å². The monoisotopic (exact) mass is 165 g/mol. The van der Waals surface area contributed by atoms with Crippen molar-refractivity contribution in [3.63, 3.8) is 0 Å². The third-order valence-corrected chi connectivity index (χ3v) is 1.82. The fraction of sp³-hybridized carbons (Fsp3) is 0.400. The Morgan fingerprint density at radius 3 is 2.50 bits per heavy atom. The van der Waals surface area contributed by atoms with E-state index in [1.54, 1.807) is 6.07 Å². The fourth-order valence-corrected chi connectivity index (χ4v) is 1.07. The van der Waals surface area contributed by atoms with E-state index >= 15 is 0 Å². The first kappa shape index (κ1) is 9.07. The van der Waals surface area contributed by atoms with Gasteiger partial charge in [0.05, 0.1) is 0 Å². The molecule has 1 aromatic rings. The van der Waals surface area contributed by atoms with Crippen molar-refractivity contribution in [3.05, 3.63) is 29.8 Å². The molecule has 2 heteroatoms. The summed E-state index contributed by atoms with van der Waals surface area (Å²) >= 11 is 0. The number of benzene rings is 1. The largest absolute Gasteiger partial charge is 0.508 e. The minimum Gasteiger partial charge on any atom is -0.508 e. The Morgan fingerprint density at radius 2 is 1.92 bits per heavy atom. The second kappa shape index (κ2) is 4.12. The molecule has 0 amide bonds. The Hall–Kier alpha value is -1.02.